The van der Waals surface area contributed by atoms with Gasteiger partial charge in [0.15, 0.2) is 0 Å². The van der Waals surface area contributed by atoms with Gasteiger partial charge in [0.1, 0.15) is 5.75 Å². The van der Waals surface area contributed by atoms with Crippen LogP contribution in [0.15, 0.2) is 24.3 Å². The molecule has 4 fully saturated rings. The lowest BCUT2D eigenvalue weighted by atomic mass is 9.43. The van der Waals surface area contributed by atoms with Crippen LogP contribution in [0.5, 0.6) is 5.75 Å². The SMILES string of the molecule is COc1ccccc1C1C2CC3CC(C2)CC1(CCCN)C3. The van der Waals surface area contributed by atoms with Crippen molar-refractivity contribution in [2.45, 2.75) is 50.9 Å². The lowest BCUT2D eigenvalue weighted by Crippen LogP contribution is -2.51. The van der Waals surface area contributed by atoms with Gasteiger partial charge in [-0.2, -0.15) is 0 Å². The van der Waals surface area contributed by atoms with Crippen molar-refractivity contribution in [3.8, 4) is 5.75 Å². The zero-order chi connectivity index (χ0) is 15.2. The summed E-state index contributed by atoms with van der Waals surface area (Å²) >= 11 is 0. The Kier molecular flexibility index (Phi) is 3.68. The first kappa shape index (κ1) is 14.6. The van der Waals surface area contributed by atoms with Crippen molar-refractivity contribution in [1.82, 2.24) is 0 Å². The fourth-order valence-electron chi connectivity index (χ4n) is 6.53. The van der Waals surface area contributed by atoms with Gasteiger partial charge in [0.25, 0.3) is 0 Å². The van der Waals surface area contributed by atoms with Crippen molar-refractivity contribution in [2.75, 3.05) is 13.7 Å². The zero-order valence-electron chi connectivity index (χ0n) is 13.8. The highest BCUT2D eigenvalue weighted by atomic mass is 16.5. The minimum atomic E-state index is 0.503. The quantitative estimate of drug-likeness (QED) is 0.877. The summed E-state index contributed by atoms with van der Waals surface area (Å²) in [6.45, 7) is 0.834. The molecule has 4 aliphatic rings. The van der Waals surface area contributed by atoms with Crippen molar-refractivity contribution in [3.63, 3.8) is 0 Å². The standard InChI is InChI=1S/C20H29NO/c1-22-18-6-3-2-5-17(18)19-16-10-14-9-15(11-16)13-20(19,12-14)7-4-8-21/h2-3,5-6,14-16,19H,4,7-13,21H2,1H3. The molecule has 0 aliphatic heterocycles. The van der Waals surface area contributed by atoms with E-state index in [9.17, 15) is 0 Å². The molecule has 4 saturated carbocycles. The summed E-state index contributed by atoms with van der Waals surface area (Å²) in [7, 11) is 1.82. The van der Waals surface area contributed by atoms with E-state index in [-0.39, 0.29) is 0 Å². The Balaban J connectivity index is 1.75. The Morgan fingerprint density at radius 3 is 2.55 bits per heavy atom. The van der Waals surface area contributed by atoms with Crippen LogP contribution in [0.4, 0.5) is 0 Å². The molecule has 0 aromatic heterocycles. The molecule has 22 heavy (non-hydrogen) atoms. The molecule has 2 N–H and O–H groups in total. The summed E-state index contributed by atoms with van der Waals surface area (Å²) in [4.78, 5) is 0. The molecule has 4 aliphatic carbocycles. The van der Waals surface area contributed by atoms with Gasteiger partial charge < -0.3 is 10.5 Å². The molecule has 3 unspecified atom stereocenters. The van der Waals surface area contributed by atoms with E-state index < -0.39 is 0 Å². The van der Waals surface area contributed by atoms with Crippen LogP contribution in [0, 0.1) is 23.2 Å². The highest BCUT2D eigenvalue weighted by molar-refractivity contribution is 5.39. The molecule has 120 valence electrons. The summed E-state index contributed by atoms with van der Waals surface area (Å²) in [5.74, 6) is 4.65. The normalized spacial score (nSPS) is 39.2. The zero-order valence-corrected chi connectivity index (χ0v) is 13.8. The number of rotatable bonds is 5. The second-order valence-electron chi connectivity index (χ2n) is 8.08. The van der Waals surface area contributed by atoms with Gasteiger partial charge in [0, 0.05) is 0 Å². The smallest absolute Gasteiger partial charge is 0.122 e. The maximum Gasteiger partial charge on any atom is 0.122 e. The summed E-state index contributed by atoms with van der Waals surface area (Å²) in [6, 6.07) is 8.78. The Morgan fingerprint density at radius 1 is 1.14 bits per heavy atom. The van der Waals surface area contributed by atoms with Gasteiger partial charge in [-0.05, 0) is 92.2 Å². The van der Waals surface area contributed by atoms with Gasteiger partial charge in [-0.3, -0.25) is 0 Å². The molecule has 0 spiro atoms. The lowest BCUT2D eigenvalue weighted by Gasteiger charge is -2.62. The maximum atomic E-state index is 5.87. The number of hydrogen-bond acceptors (Lipinski definition) is 2. The number of ether oxygens (including phenoxy) is 1. The van der Waals surface area contributed by atoms with Crippen LogP contribution < -0.4 is 10.5 Å². The third-order valence-electron chi connectivity index (χ3n) is 6.81. The lowest BCUT2D eigenvalue weighted by molar-refractivity contribution is -0.0811. The molecule has 2 heteroatoms. The van der Waals surface area contributed by atoms with Crippen molar-refractivity contribution in [2.24, 2.45) is 28.9 Å². The summed E-state index contributed by atoms with van der Waals surface area (Å²) in [5, 5.41) is 0. The van der Waals surface area contributed by atoms with E-state index in [2.05, 4.69) is 24.3 Å². The molecule has 0 heterocycles. The molecular formula is C20H29NO. The van der Waals surface area contributed by atoms with Gasteiger partial charge in [0.2, 0.25) is 0 Å². The molecule has 5 rings (SSSR count). The van der Waals surface area contributed by atoms with Gasteiger partial charge in [-0.15, -0.1) is 0 Å². The van der Waals surface area contributed by atoms with E-state index in [1.165, 1.54) is 50.5 Å². The Bertz CT molecular complexity index is 526. The van der Waals surface area contributed by atoms with E-state index >= 15 is 0 Å². The van der Waals surface area contributed by atoms with Gasteiger partial charge in [-0.1, -0.05) is 18.2 Å². The summed E-state index contributed by atoms with van der Waals surface area (Å²) < 4.78 is 5.73. The molecule has 4 bridgehead atoms. The molecule has 0 radical (unpaired) electrons. The first-order chi connectivity index (χ1) is 10.8. The predicted octanol–water partition coefficient (Wildman–Crippen LogP) is 4.34. The van der Waals surface area contributed by atoms with E-state index in [1.807, 2.05) is 7.11 Å². The average Bonchev–Trinajstić information content (AvgIpc) is 2.52. The average molecular weight is 299 g/mol. The predicted molar refractivity (Wildman–Crippen MR) is 90.0 cm³/mol. The number of para-hydroxylation sites is 1. The number of benzene rings is 1. The van der Waals surface area contributed by atoms with Gasteiger partial charge in [0.05, 0.1) is 7.11 Å². The topological polar surface area (TPSA) is 35.2 Å². The summed E-state index contributed by atoms with van der Waals surface area (Å²) in [6.07, 6.45) is 9.76. The molecule has 1 aromatic carbocycles. The second kappa shape index (κ2) is 5.56. The second-order valence-corrected chi connectivity index (χ2v) is 8.08. The van der Waals surface area contributed by atoms with Crippen LogP contribution in [0.1, 0.15) is 56.4 Å². The van der Waals surface area contributed by atoms with Crippen molar-refractivity contribution in [3.05, 3.63) is 29.8 Å². The Labute approximate surface area is 134 Å². The Hall–Kier alpha value is -1.02. The van der Waals surface area contributed by atoms with E-state index in [0.717, 1.165) is 30.0 Å². The van der Waals surface area contributed by atoms with Gasteiger partial charge in [-0.25, -0.2) is 0 Å². The molecule has 3 atom stereocenters. The fourth-order valence-corrected chi connectivity index (χ4v) is 6.53. The number of hydrogen-bond donors (Lipinski definition) is 1. The largest absolute Gasteiger partial charge is 0.496 e. The number of methoxy groups -OCH3 is 1. The van der Waals surface area contributed by atoms with Crippen molar-refractivity contribution in [1.29, 1.82) is 0 Å². The fraction of sp³-hybridized carbons (Fsp3) is 0.700. The van der Waals surface area contributed by atoms with Crippen molar-refractivity contribution >= 4 is 0 Å². The third-order valence-corrected chi connectivity index (χ3v) is 6.81. The van der Waals surface area contributed by atoms with E-state index in [0.29, 0.717) is 11.3 Å². The minimum absolute atomic E-state index is 0.503. The highest BCUT2D eigenvalue weighted by Crippen LogP contribution is 2.68. The van der Waals surface area contributed by atoms with Crippen LogP contribution in [0.3, 0.4) is 0 Å². The first-order valence-electron chi connectivity index (χ1n) is 9.09. The third kappa shape index (κ3) is 2.19. The molecule has 0 saturated heterocycles. The van der Waals surface area contributed by atoms with Gasteiger partial charge >= 0.3 is 0 Å². The maximum absolute atomic E-state index is 5.87. The molecule has 0 amide bonds. The first-order valence-corrected chi connectivity index (χ1v) is 9.09. The van der Waals surface area contributed by atoms with Crippen LogP contribution in [-0.4, -0.2) is 13.7 Å². The monoisotopic (exact) mass is 299 g/mol. The molecular weight excluding hydrogens is 270 g/mol. The highest BCUT2D eigenvalue weighted by Gasteiger charge is 2.57. The summed E-state index contributed by atoms with van der Waals surface area (Å²) in [5.41, 5.74) is 7.85. The molecule has 2 nitrogen and oxygen atoms in total. The molecule has 1 aromatic rings. The number of nitrogens with two attached hydrogens (primary N) is 1. The van der Waals surface area contributed by atoms with Crippen LogP contribution >= 0.6 is 0 Å². The van der Waals surface area contributed by atoms with Crippen LogP contribution in [-0.2, 0) is 0 Å². The van der Waals surface area contributed by atoms with Crippen LogP contribution in [0.25, 0.3) is 0 Å². The van der Waals surface area contributed by atoms with E-state index in [4.69, 9.17) is 10.5 Å². The minimum Gasteiger partial charge on any atom is -0.496 e. The Morgan fingerprint density at radius 2 is 1.86 bits per heavy atom. The van der Waals surface area contributed by atoms with Crippen LogP contribution in [0.2, 0.25) is 0 Å². The van der Waals surface area contributed by atoms with Crippen molar-refractivity contribution < 1.29 is 4.74 Å². The van der Waals surface area contributed by atoms with E-state index in [1.54, 1.807) is 0 Å².